The van der Waals surface area contributed by atoms with E-state index in [1.165, 1.54) is 6.42 Å². The normalized spacial score (nSPS) is 40.1. The molecule has 1 nitrogen and oxygen atoms in total. The summed E-state index contributed by atoms with van der Waals surface area (Å²) in [5, 5.41) is 0. The number of allylic oxidation sites excluding steroid dienone is 1. The van der Waals surface area contributed by atoms with E-state index in [0.29, 0.717) is 6.10 Å². The van der Waals surface area contributed by atoms with Crippen molar-refractivity contribution in [2.75, 3.05) is 7.11 Å². The Labute approximate surface area is 63.1 Å². The number of hydrogen-bond donors (Lipinski definition) is 0. The van der Waals surface area contributed by atoms with Crippen molar-refractivity contribution < 1.29 is 4.74 Å². The highest BCUT2D eigenvalue weighted by Crippen LogP contribution is 2.24. The molecule has 0 spiro atoms. The van der Waals surface area contributed by atoms with Gasteiger partial charge in [-0.15, -0.1) is 0 Å². The van der Waals surface area contributed by atoms with Gasteiger partial charge in [0.2, 0.25) is 0 Å². The Morgan fingerprint density at radius 1 is 1.30 bits per heavy atom. The van der Waals surface area contributed by atoms with Crippen molar-refractivity contribution in [3.05, 3.63) is 12.2 Å². The van der Waals surface area contributed by atoms with Crippen LogP contribution in [0.15, 0.2) is 12.2 Å². The zero-order valence-corrected chi connectivity index (χ0v) is 7.00. The van der Waals surface area contributed by atoms with Crippen LogP contribution in [0.25, 0.3) is 0 Å². The summed E-state index contributed by atoms with van der Waals surface area (Å²) in [5.74, 6) is 1.50. The van der Waals surface area contributed by atoms with Crippen molar-refractivity contribution >= 4 is 0 Å². The number of hydrogen-bond acceptors (Lipinski definition) is 1. The molecule has 0 aliphatic heterocycles. The maximum Gasteiger partial charge on any atom is 0.0754 e. The molecule has 0 N–H and O–H groups in total. The number of methoxy groups -OCH3 is 1. The number of rotatable bonds is 1. The second-order valence-corrected chi connectivity index (χ2v) is 3.23. The van der Waals surface area contributed by atoms with E-state index in [0.717, 1.165) is 11.8 Å². The fourth-order valence-electron chi connectivity index (χ4n) is 1.32. The SMILES string of the molecule is COC1C=CC(C)[C@H](C)C1. The molecule has 3 atom stereocenters. The Morgan fingerprint density at radius 3 is 2.50 bits per heavy atom. The maximum absolute atomic E-state index is 5.22. The molecule has 0 aromatic rings. The predicted octanol–water partition coefficient (Wildman–Crippen LogP) is 2.23. The minimum absolute atomic E-state index is 0.367. The summed E-state index contributed by atoms with van der Waals surface area (Å²) in [5.41, 5.74) is 0. The van der Waals surface area contributed by atoms with Gasteiger partial charge in [-0.2, -0.15) is 0 Å². The standard InChI is InChI=1S/C9H16O/c1-7-4-5-9(10-3)6-8(7)2/h4-5,7-9H,6H2,1-3H3/t7?,8-,9?/m1/s1. The summed E-state index contributed by atoms with van der Waals surface area (Å²) in [7, 11) is 1.78. The lowest BCUT2D eigenvalue weighted by atomic mass is 9.85. The monoisotopic (exact) mass is 140 g/mol. The Hall–Kier alpha value is -0.300. The minimum atomic E-state index is 0.367. The van der Waals surface area contributed by atoms with Crippen molar-refractivity contribution in [3.63, 3.8) is 0 Å². The van der Waals surface area contributed by atoms with Crippen LogP contribution in [0.2, 0.25) is 0 Å². The molecule has 0 radical (unpaired) electrons. The van der Waals surface area contributed by atoms with Crippen LogP contribution in [0, 0.1) is 11.8 Å². The molecule has 1 rings (SSSR count). The molecule has 0 heterocycles. The zero-order valence-electron chi connectivity index (χ0n) is 7.00. The fourth-order valence-corrected chi connectivity index (χ4v) is 1.32. The molecule has 1 heteroatoms. The lowest BCUT2D eigenvalue weighted by molar-refractivity contribution is 0.106. The highest BCUT2D eigenvalue weighted by molar-refractivity contribution is 4.99. The zero-order chi connectivity index (χ0) is 7.56. The first kappa shape index (κ1) is 7.80. The van der Waals surface area contributed by atoms with Gasteiger partial charge in [0, 0.05) is 7.11 Å². The first-order valence-corrected chi connectivity index (χ1v) is 3.95. The fraction of sp³-hybridized carbons (Fsp3) is 0.778. The summed E-state index contributed by atoms with van der Waals surface area (Å²) in [6.07, 6.45) is 5.97. The third kappa shape index (κ3) is 1.60. The number of ether oxygens (including phenoxy) is 1. The van der Waals surface area contributed by atoms with Gasteiger partial charge in [0.05, 0.1) is 6.10 Å². The third-order valence-corrected chi connectivity index (χ3v) is 2.43. The lowest BCUT2D eigenvalue weighted by Crippen LogP contribution is -2.20. The average molecular weight is 140 g/mol. The van der Waals surface area contributed by atoms with Gasteiger partial charge in [0.25, 0.3) is 0 Å². The Morgan fingerprint density at radius 2 is 2.00 bits per heavy atom. The van der Waals surface area contributed by atoms with Gasteiger partial charge in [-0.1, -0.05) is 26.0 Å². The molecule has 1 aliphatic rings. The second kappa shape index (κ2) is 3.20. The molecule has 0 fully saturated rings. The van der Waals surface area contributed by atoms with E-state index in [1.807, 2.05) is 0 Å². The van der Waals surface area contributed by atoms with Crippen LogP contribution in [0.3, 0.4) is 0 Å². The predicted molar refractivity (Wildman–Crippen MR) is 42.9 cm³/mol. The molecule has 0 saturated carbocycles. The van der Waals surface area contributed by atoms with E-state index >= 15 is 0 Å². The summed E-state index contributed by atoms with van der Waals surface area (Å²) in [6.45, 7) is 4.53. The summed E-state index contributed by atoms with van der Waals surface area (Å²) < 4.78 is 5.22. The summed E-state index contributed by atoms with van der Waals surface area (Å²) in [6, 6.07) is 0. The van der Waals surface area contributed by atoms with Crippen LogP contribution in [-0.4, -0.2) is 13.2 Å². The van der Waals surface area contributed by atoms with Crippen molar-refractivity contribution in [3.8, 4) is 0 Å². The van der Waals surface area contributed by atoms with Crippen LogP contribution in [0.4, 0.5) is 0 Å². The Balaban J connectivity index is 2.51. The average Bonchev–Trinajstić information content (AvgIpc) is 1.95. The van der Waals surface area contributed by atoms with Crippen molar-refractivity contribution in [1.82, 2.24) is 0 Å². The molecule has 0 amide bonds. The summed E-state index contributed by atoms with van der Waals surface area (Å²) >= 11 is 0. The Kier molecular flexibility index (Phi) is 2.50. The summed E-state index contributed by atoms with van der Waals surface area (Å²) in [4.78, 5) is 0. The van der Waals surface area contributed by atoms with Crippen LogP contribution >= 0.6 is 0 Å². The largest absolute Gasteiger partial charge is 0.377 e. The molecule has 0 aromatic heterocycles. The molecule has 0 bridgehead atoms. The van der Waals surface area contributed by atoms with Crippen LogP contribution in [0.5, 0.6) is 0 Å². The first-order valence-electron chi connectivity index (χ1n) is 3.95. The molecular weight excluding hydrogens is 124 g/mol. The van der Waals surface area contributed by atoms with Crippen LogP contribution < -0.4 is 0 Å². The molecule has 1 aliphatic carbocycles. The van der Waals surface area contributed by atoms with Gasteiger partial charge in [0.15, 0.2) is 0 Å². The second-order valence-electron chi connectivity index (χ2n) is 3.23. The van der Waals surface area contributed by atoms with E-state index < -0.39 is 0 Å². The maximum atomic E-state index is 5.22. The van der Waals surface area contributed by atoms with Gasteiger partial charge in [-0.3, -0.25) is 0 Å². The van der Waals surface area contributed by atoms with Gasteiger partial charge >= 0.3 is 0 Å². The molecule has 58 valence electrons. The first-order chi connectivity index (χ1) is 4.74. The molecule has 0 saturated heterocycles. The molecule has 2 unspecified atom stereocenters. The van der Waals surface area contributed by atoms with Crippen molar-refractivity contribution in [1.29, 1.82) is 0 Å². The minimum Gasteiger partial charge on any atom is -0.377 e. The van der Waals surface area contributed by atoms with Gasteiger partial charge in [-0.05, 0) is 18.3 Å². The van der Waals surface area contributed by atoms with Gasteiger partial charge < -0.3 is 4.74 Å². The quantitative estimate of drug-likeness (QED) is 0.507. The van der Waals surface area contributed by atoms with Gasteiger partial charge in [0.1, 0.15) is 0 Å². The third-order valence-electron chi connectivity index (χ3n) is 2.43. The molecular formula is C9H16O. The molecule has 10 heavy (non-hydrogen) atoms. The van der Waals surface area contributed by atoms with Crippen molar-refractivity contribution in [2.45, 2.75) is 26.4 Å². The van der Waals surface area contributed by atoms with Crippen molar-refractivity contribution in [2.24, 2.45) is 11.8 Å². The van der Waals surface area contributed by atoms with E-state index in [1.54, 1.807) is 7.11 Å². The molecule has 0 aromatic carbocycles. The highest BCUT2D eigenvalue weighted by atomic mass is 16.5. The smallest absolute Gasteiger partial charge is 0.0754 e. The van der Waals surface area contributed by atoms with E-state index in [4.69, 9.17) is 4.74 Å². The Bertz CT molecular complexity index is 129. The van der Waals surface area contributed by atoms with E-state index in [9.17, 15) is 0 Å². The topological polar surface area (TPSA) is 9.23 Å². The lowest BCUT2D eigenvalue weighted by Gasteiger charge is -2.25. The van der Waals surface area contributed by atoms with E-state index in [-0.39, 0.29) is 0 Å². The van der Waals surface area contributed by atoms with Gasteiger partial charge in [-0.25, -0.2) is 0 Å². The van der Waals surface area contributed by atoms with E-state index in [2.05, 4.69) is 26.0 Å². The highest BCUT2D eigenvalue weighted by Gasteiger charge is 2.18. The van der Waals surface area contributed by atoms with Crippen LogP contribution in [0.1, 0.15) is 20.3 Å². The van der Waals surface area contributed by atoms with Crippen LogP contribution in [-0.2, 0) is 4.74 Å².